The maximum absolute atomic E-state index is 13.4. The van der Waals surface area contributed by atoms with Gasteiger partial charge in [0, 0.05) is 0 Å². The molecule has 1 fully saturated rings. The van der Waals surface area contributed by atoms with Crippen LogP contribution in [0.1, 0.15) is 34.7 Å². The number of hydrogen-bond acceptors (Lipinski definition) is 2. The molecule has 0 spiro atoms. The fourth-order valence-corrected chi connectivity index (χ4v) is 2.05. The molecule has 1 aliphatic heterocycles. The average Bonchev–Trinajstić information content (AvgIpc) is 2.30. The summed E-state index contributed by atoms with van der Waals surface area (Å²) >= 11 is 0. The Bertz CT molecular complexity index is 364. The molecule has 16 heavy (non-hydrogen) atoms. The van der Waals surface area contributed by atoms with Gasteiger partial charge in [0.2, 0.25) is 0 Å². The molecule has 0 radical (unpaired) electrons. The van der Waals surface area contributed by atoms with E-state index in [0.29, 0.717) is 12.2 Å². The van der Waals surface area contributed by atoms with Gasteiger partial charge < -0.3 is 5.32 Å². The molecule has 1 aliphatic rings. The zero-order valence-corrected chi connectivity index (χ0v) is 9.73. The molecule has 88 valence electrons. The summed E-state index contributed by atoms with van der Waals surface area (Å²) in [6.45, 7) is 1.98. The van der Waals surface area contributed by atoms with Crippen molar-refractivity contribution in [3.63, 3.8) is 0 Å². The molecule has 2 rings (SSSR count). The molecule has 4 heteroatoms. The molecule has 0 unspecified atom stereocenters. The number of rotatable bonds is 2. The van der Waals surface area contributed by atoms with Crippen molar-refractivity contribution in [2.75, 3.05) is 13.1 Å². The molecule has 1 saturated heterocycles. The lowest BCUT2D eigenvalue weighted by molar-refractivity contribution is 0.112. The highest BCUT2D eigenvalue weighted by atomic mass is 35.5. The second kappa shape index (κ2) is 5.97. The van der Waals surface area contributed by atoms with Crippen LogP contribution in [0.25, 0.3) is 0 Å². The van der Waals surface area contributed by atoms with Gasteiger partial charge in [-0.05, 0) is 49.5 Å². The third-order valence-corrected chi connectivity index (χ3v) is 2.96. The molecule has 0 saturated carbocycles. The van der Waals surface area contributed by atoms with E-state index in [9.17, 15) is 9.18 Å². The Kier molecular flexibility index (Phi) is 4.90. The summed E-state index contributed by atoms with van der Waals surface area (Å²) in [5.41, 5.74) is 1.16. The molecule has 1 heterocycles. The van der Waals surface area contributed by atoms with Gasteiger partial charge >= 0.3 is 0 Å². The highest BCUT2D eigenvalue weighted by Gasteiger charge is 2.16. The zero-order valence-electron chi connectivity index (χ0n) is 8.91. The second-order valence-corrected chi connectivity index (χ2v) is 3.92. The number of carbonyl (C=O) groups is 1. The van der Waals surface area contributed by atoms with Crippen LogP contribution in [-0.2, 0) is 0 Å². The first-order valence-corrected chi connectivity index (χ1v) is 5.26. The van der Waals surface area contributed by atoms with Crippen molar-refractivity contribution in [2.45, 2.75) is 18.8 Å². The first kappa shape index (κ1) is 13.1. The normalized spacial score (nSPS) is 16.6. The van der Waals surface area contributed by atoms with Crippen LogP contribution in [0.15, 0.2) is 18.2 Å². The van der Waals surface area contributed by atoms with Gasteiger partial charge in [-0.1, -0.05) is 6.07 Å². The number of nitrogens with one attached hydrogen (secondary N) is 1. The van der Waals surface area contributed by atoms with Crippen LogP contribution in [0.5, 0.6) is 0 Å². The summed E-state index contributed by atoms with van der Waals surface area (Å²) in [6, 6.07) is 4.93. The SMILES string of the molecule is Cl.O=Cc1ccc(C2CCNCC2)cc1F. The molecule has 0 atom stereocenters. The van der Waals surface area contributed by atoms with Gasteiger partial charge in [0.1, 0.15) is 5.82 Å². The van der Waals surface area contributed by atoms with E-state index in [1.807, 2.05) is 6.07 Å². The third kappa shape index (κ3) is 2.80. The van der Waals surface area contributed by atoms with Crippen LogP contribution in [-0.4, -0.2) is 19.4 Å². The molecule has 1 aromatic carbocycles. The lowest BCUT2D eigenvalue weighted by Gasteiger charge is -2.23. The van der Waals surface area contributed by atoms with Gasteiger partial charge in [0.15, 0.2) is 6.29 Å². The van der Waals surface area contributed by atoms with E-state index in [2.05, 4.69) is 5.32 Å². The number of aldehydes is 1. The topological polar surface area (TPSA) is 29.1 Å². The van der Waals surface area contributed by atoms with Crippen molar-refractivity contribution in [1.82, 2.24) is 5.32 Å². The maximum atomic E-state index is 13.4. The fourth-order valence-electron chi connectivity index (χ4n) is 2.05. The number of benzene rings is 1. The Morgan fingerprint density at radius 3 is 2.56 bits per heavy atom. The summed E-state index contributed by atoms with van der Waals surface area (Å²) in [7, 11) is 0. The molecule has 0 aliphatic carbocycles. The van der Waals surface area contributed by atoms with Gasteiger partial charge in [0.05, 0.1) is 5.56 Å². The van der Waals surface area contributed by atoms with Crippen molar-refractivity contribution in [3.05, 3.63) is 35.1 Å². The van der Waals surface area contributed by atoms with E-state index in [0.717, 1.165) is 31.5 Å². The van der Waals surface area contributed by atoms with Crippen molar-refractivity contribution >= 4 is 18.7 Å². The Morgan fingerprint density at radius 2 is 2.00 bits per heavy atom. The molecule has 1 aromatic rings. The van der Waals surface area contributed by atoms with Crippen molar-refractivity contribution < 1.29 is 9.18 Å². The van der Waals surface area contributed by atoms with Crippen molar-refractivity contribution in [3.8, 4) is 0 Å². The van der Waals surface area contributed by atoms with Gasteiger partial charge in [-0.2, -0.15) is 0 Å². The summed E-state index contributed by atoms with van der Waals surface area (Å²) < 4.78 is 13.4. The first-order valence-electron chi connectivity index (χ1n) is 5.26. The Labute approximate surface area is 101 Å². The number of halogens is 2. The van der Waals surface area contributed by atoms with Gasteiger partial charge in [-0.25, -0.2) is 4.39 Å². The lowest BCUT2D eigenvalue weighted by atomic mass is 9.90. The lowest BCUT2D eigenvalue weighted by Crippen LogP contribution is -2.26. The Hall–Kier alpha value is -0.930. The standard InChI is InChI=1S/C12H14FNO.ClH/c13-12-7-10(1-2-11(12)8-15)9-3-5-14-6-4-9;/h1-2,7-9,14H,3-6H2;1H. The average molecular weight is 244 g/mol. The largest absolute Gasteiger partial charge is 0.317 e. The van der Waals surface area contributed by atoms with Crippen LogP contribution in [0.2, 0.25) is 0 Å². The highest BCUT2D eigenvalue weighted by molar-refractivity contribution is 5.85. The quantitative estimate of drug-likeness (QED) is 0.809. The fraction of sp³-hybridized carbons (Fsp3) is 0.417. The van der Waals surface area contributed by atoms with Crippen LogP contribution in [0, 0.1) is 5.82 Å². The smallest absolute Gasteiger partial charge is 0.152 e. The minimum Gasteiger partial charge on any atom is -0.317 e. The van der Waals surface area contributed by atoms with E-state index >= 15 is 0 Å². The number of hydrogen-bond donors (Lipinski definition) is 1. The molecular weight excluding hydrogens is 229 g/mol. The summed E-state index contributed by atoms with van der Waals surface area (Å²) in [5.74, 6) is 0.0301. The van der Waals surface area contributed by atoms with Crippen LogP contribution < -0.4 is 5.32 Å². The van der Waals surface area contributed by atoms with Gasteiger partial charge in [-0.3, -0.25) is 4.79 Å². The summed E-state index contributed by atoms with van der Waals surface area (Å²) in [6.07, 6.45) is 2.64. The summed E-state index contributed by atoms with van der Waals surface area (Å²) in [5, 5.41) is 3.27. The van der Waals surface area contributed by atoms with Crippen LogP contribution in [0.3, 0.4) is 0 Å². The molecule has 0 aromatic heterocycles. The van der Waals surface area contributed by atoms with Gasteiger partial charge in [0.25, 0.3) is 0 Å². The maximum Gasteiger partial charge on any atom is 0.152 e. The predicted molar refractivity (Wildman–Crippen MR) is 63.9 cm³/mol. The number of carbonyl (C=O) groups excluding carboxylic acids is 1. The molecule has 2 nitrogen and oxygen atoms in total. The van der Waals surface area contributed by atoms with Crippen molar-refractivity contribution in [1.29, 1.82) is 0 Å². The van der Waals surface area contributed by atoms with E-state index < -0.39 is 5.82 Å². The van der Waals surface area contributed by atoms with Crippen molar-refractivity contribution in [2.24, 2.45) is 0 Å². The predicted octanol–water partition coefficient (Wildman–Crippen LogP) is 2.53. The minimum atomic E-state index is -0.402. The Balaban J connectivity index is 0.00000128. The van der Waals surface area contributed by atoms with E-state index in [-0.39, 0.29) is 18.0 Å². The van der Waals surface area contributed by atoms with E-state index in [1.165, 1.54) is 6.07 Å². The first-order chi connectivity index (χ1) is 7.31. The second-order valence-electron chi connectivity index (χ2n) is 3.92. The monoisotopic (exact) mass is 243 g/mol. The zero-order chi connectivity index (χ0) is 10.7. The van der Waals surface area contributed by atoms with Gasteiger partial charge in [-0.15, -0.1) is 12.4 Å². The Morgan fingerprint density at radius 1 is 1.31 bits per heavy atom. The van der Waals surface area contributed by atoms with E-state index in [1.54, 1.807) is 6.07 Å². The minimum absolute atomic E-state index is 0. The molecular formula is C12H15ClFNO. The van der Waals surface area contributed by atoms with E-state index in [4.69, 9.17) is 0 Å². The van der Waals surface area contributed by atoms with Crippen LogP contribution in [0.4, 0.5) is 4.39 Å². The molecule has 0 amide bonds. The third-order valence-electron chi connectivity index (χ3n) is 2.96. The molecule has 0 bridgehead atoms. The summed E-state index contributed by atoms with van der Waals surface area (Å²) in [4.78, 5) is 10.5. The number of piperidine rings is 1. The van der Waals surface area contributed by atoms with Crippen LogP contribution >= 0.6 is 12.4 Å². The highest BCUT2D eigenvalue weighted by Crippen LogP contribution is 2.26. The molecule has 1 N–H and O–H groups in total.